The van der Waals surface area contributed by atoms with E-state index in [4.69, 9.17) is 10.2 Å². The summed E-state index contributed by atoms with van der Waals surface area (Å²) in [6.07, 6.45) is 9.49. The quantitative estimate of drug-likeness (QED) is 0.853. The molecule has 6 atom stereocenters. The zero-order valence-electron chi connectivity index (χ0n) is 15.6. The maximum absolute atomic E-state index is 12.7. The van der Waals surface area contributed by atoms with Crippen molar-refractivity contribution in [2.24, 2.45) is 34.8 Å². The normalized spacial score (nSPS) is 35.8. The zero-order chi connectivity index (χ0) is 17.8. The Bertz CT molecular complexity index is 655. The van der Waals surface area contributed by atoms with E-state index in [-0.39, 0.29) is 23.9 Å². The van der Waals surface area contributed by atoms with Crippen LogP contribution in [0.2, 0.25) is 0 Å². The van der Waals surface area contributed by atoms with Crippen molar-refractivity contribution in [2.45, 2.75) is 71.4 Å². The summed E-state index contributed by atoms with van der Waals surface area (Å²) in [4.78, 5) is 17.0. The van der Waals surface area contributed by atoms with E-state index in [1.54, 1.807) is 0 Å². The number of fused-ring (bicyclic) bond motifs is 2. The molecule has 3 aliphatic rings. The highest BCUT2D eigenvalue weighted by Crippen LogP contribution is 2.63. The summed E-state index contributed by atoms with van der Waals surface area (Å²) in [6.45, 7) is 6.23. The highest BCUT2D eigenvalue weighted by Gasteiger charge is 2.56. The molecule has 1 heterocycles. The van der Waals surface area contributed by atoms with Crippen LogP contribution in [-0.2, 0) is 0 Å². The average molecular weight is 345 g/mol. The van der Waals surface area contributed by atoms with Gasteiger partial charge in [0.2, 0.25) is 5.89 Å². The van der Waals surface area contributed by atoms with Crippen LogP contribution in [0.1, 0.15) is 81.7 Å². The second-order valence-corrected chi connectivity index (χ2v) is 9.15. The van der Waals surface area contributed by atoms with Crippen molar-refractivity contribution in [1.82, 2.24) is 10.3 Å². The number of hydrogen-bond donors (Lipinski definition) is 2. The second-order valence-electron chi connectivity index (χ2n) is 9.15. The summed E-state index contributed by atoms with van der Waals surface area (Å²) in [5, 5.41) is 3.25. The summed E-state index contributed by atoms with van der Waals surface area (Å²) >= 11 is 0. The summed E-state index contributed by atoms with van der Waals surface area (Å²) < 4.78 is 5.45. The van der Waals surface area contributed by atoms with Crippen LogP contribution < -0.4 is 11.1 Å². The highest BCUT2D eigenvalue weighted by atomic mass is 16.3. The monoisotopic (exact) mass is 345 g/mol. The van der Waals surface area contributed by atoms with Crippen molar-refractivity contribution in [3.8, 4) is 0 Å². The molecule has 0 radical (unpaired) electrons. The summed E-state index contributed by atoms with van der Waals surface area (Å²) in [5.74, 6) is 3.16. The maximum atomic E-state index is 12.7. The Morgan fingerprint density at radius 1 is 1.32 bits per heavy atom. The molecule has 0 aromatic carbocycles. The van der Waals surface area contributed by atoms with Gasteiger partial charge in [0.15, 0.2) is 5.69 Å². The third-order valence-electron chi connectivity index (χ3n) is 7.37. The van der Waals surface area contributed by atoms with Crippen LogP contribution in [0.5, 0.6) is 0 Å². The summed E-state index contributed by atoms with van der Waals surface area (Å²) in [6, 6.07) is -0.0881. The lowest BCUT2D eigenvalue weighted by Gasteiger charge is -2.46. The zero-order valence-corrected chi connectivity index (χ0v) is 15.6. The lowest BCUT2D eigenvalue weighted by atomic mass is 9.61. The van der Waals surface area contributed by atoms with Crippen molar-refractivity contribution in [3.05, 3.63) is 17.8 Å². The number of nitrogens with one attached hydrogen (secondary N) is 1. The third kappa shape index (κ3) is 2.80. The van der Waals surface area contributed by atoms with Gasteiger partial charge in [-0.05, 0) is 74.5 Å². The number of rotatable bonds is 5. The molecule has 5 nitrogen and oxygen atoms in total. The molecule has 0 spiro atoms. The molecule has 1 aromatic rings. The topological polar surface area (TPSA) is 81.1 Å². The first-order valence-corrected chi connectivity index (χ1v) is 9.91. The van der Waals surface area contributed by atoms with Gasteiger partial charge in [-0.1, -0.05) is 13.8 Å². The van der Waals surface area contributed by atoms with Crippen LogP contribution in [0.4, 0.5) is 0 Å². The number of carbonyl (C=O) groups is 1. The van der Waals surface area contributed by atoms with E-state index in [2.05, 4.69) is 17.2 Å². The van der Waals surface area contributed by atoms with Gasteiger partial charge in [0.05, 0.1) is 6.04 Å². The van der Waals surface area contributed by atoms with Crippen molar-refractivity contribution in [3.63, 3.8) is 0 Å². The fourth-order valence-electron chi connectivity index (χ4n) is 5.91. The van der Waals surface area contributed by atoms with Crippen molar-refractivity contribution < 1.29 is 9.21 Å². The van der Waals surface area contributed by atoms with E-state index in [0.717, 1.165) is 17.8 Å². The van der Waals surface area contributed by atoms with Gasteiger partial charge in [-0.25, -0.2) is 4.98 Å². The molecule has 0 saturated heterocycles. The molecule has 3 fully saturated rings. The molecule has 3 N–H and O–H groups in total. The molecule has 0 aliphatic heterocycles. The van der Waals surface area contributed by atoms with E-state index in [9.17, 15) is 4.79 Å². The molecule has 138 valence electrons. The van der Waals surface area contributed by atoms with Gasteiger partial charge in [0.1, 0.15) is 6.26 Å². The Morgan fingerprint density at radius 3 is 2.84 bits per heavy atom. The Morgan fingerprint density at radius 2 is 2.08 bits per heavy atom. The number of aromatic nitrogens is 1. The largest absolute Gasteiger partial charge is 0.446 e. The average Bonchev–Trinajstić information content (AvgIpc) is 3.12. The van der Waals surface area contributed by atoms with Crippen molar-refractivity contribution in [1.29, 1.82) is 0 Å². The predicted molar refractivity (Wildman–Crippen MR) is 95.8 cm³/mol. The molecule has 5 heteroatoms. The van der Waals surface area contributed by atoms with Crippen LogP contribution in [0.25, 0.3) is 0 Å². The van der Waals surface area contributed by atoms with Crippen LogP contribution in [0, 0.1) is 29.1 Å². The van der Waals surface area contributed by atoms with E-state index in [1.165, 1.54) is 44.8 Å². The Kier molecular flexibility index (Phi) is 4.18. The molecular weight excluding hydrogens is 314 g/mol. The molecule has 3 saturated carbocycles. The lowest BCUT2D eigenvalue weighted by molar-refractivity contribution is 0.0519. The number of hydrogen-bond acceptors (Lipinski definition) is 4. The fourth-order valence-corrected chi connectivity index (χ4v) is 5.91. The SMILES string of the molecule is CC(C)C(N)c1nc(C(=O)NC(C)C23CCC4CC(CC2C4)C3)co1. The van der Waals surface area contributed by atoms with Crippen molar-refractivity contribution in [2.75, 3.05) is 0 Å². The smallest absolute Gasteiger partial charge is 0.273 e. The molecule has 3 aliphatic carbocycles. The van der Waals surface area contributed by atoms with Gasteiger partial charge in [-0.15, -0.1) is 0 Å². The molecule has 25 heavy (non-hydrogen) atoms. The molecular formula is C20H31N3O2. The Balaban J connectivity index is 1.46. The van der Waals surface area contributed by atoms with E-state index >= 15 is 0 Å². The van der Waals surface area contributed by atoms with Crippen LogP contribution in [0.3, 0.4) is 0 Å². The number of amides is 1. The van der Waals surface area contributed by atoms with Gasteiger partial charge in [0.25, 0.3) is 5.91 Å². The standard InChI is InChI=1S/C20H31N3O2/c1-11(2)17(21)19-23-16(10-25-19)18(24)22-12(3)20-5-4-13-6-14(9-20)8-15(20)7-13/h10-15,17H,4-9,21H2,1-3H3,(H,22,24). The van der Waals surface area contributed by atoms with E-state index in [1.807, 2.05) is 13.8 Å². The van der Waals surface area contributed by atoms with Crippen LogP contribution >= 0.6 is 0 Å². The molecule has 6 unspecified atom stereocenters. The van der Waals surface area contributed by atoms with Gasteiger partial charge in [-0.3, -0.25) is 4.79 Å². The Hall–Kier alpha value is -1.36. The molecule has 1 aromatic heterocycles. The maximum Gasteiger partial charge on any atom is 0.273 e. The van der Waals surface area contributed by atoms with Gasteiger partial charge < -0.3 is 15.5 Å². The van der Waals surface area contributed by atoms with Crippen LogP contribution in [0.15, 0.2) is 10.7 Å². The van der Waals surface area contributed by atoms with Gasteiger partial charge in [0, 0.05) is 6.04 Å². The third-order valence-corrected chi connectivity index (χ3v) is 7.37. The summed E-state index contributed by atoms with van der Waals surface area (Å²) in [5.41, 5.74) is 6.72. The van der Waals surface area contributed by atoms with Gasteiger partial charge >= 0.3 is 0 Å². The lowest BCUT2D eigenvalue weighted by Crippen LogP contribution is -2.49. The first-order chi connectivity index (χ1) is 11.9. The predicted octanol–water partition coefficient (Wildman–Crippen LogP) is 3.67. The van der Waals surface area contributed by atoms with Crippen LogP contribution in [-0.4, -0.2) is 16.9 Å². The second kappa shape index (κ2) is 6.11. The van der Waals surface area contributed by atoms with Crippen molar-refractivity contribution >= 4 is 5.91 Å². The minimum atomic E-state index is -0.276. The number of carbonyl (C=O) groups excluding carboxylic acids is 1. The number of nitrogens with zero attached hydrogens (tertiary/aromatic N) is 1. The minimum absolute atomic E-state index is 0.128. The van der Waals surface area contributed by atoms with Gasteiger partial charge in [-0.2, -0.15) is 0 Å². The Labute approximate surface area is 150 Å². The first-order valence-electron chi connectivity index (χ1n) is 9.91. The number of nitrogens with two attached hydrogens (primary N) is 1. The summed E-state index contributed by atoms with van der Waals surface area (Å²) in [7, 11) is 0. The highest BCUT2D eigenvalue weighted by molar-refractivity contribution is 5.92. The molecule has 3 bridgehead atoms. The minimum Gasteiger partial charge on any atom is -0.446 e. The molecule has 4 rings (SSSR count). The first kappa shape index (κ1) is 17.1. The molecule has 1 amide bonds. The fraction of sp³-hybridized carbons (Fsp3) is 0.800. The number of oxazole rings is 1. The van der Waals surface area contributed by atoms with E-state index in [0.29, 0.717) is 17.0 Å². The van der Waals surface area contributed by atoms with E-state index < -0.39 is 0 Å².